The predicted molar refractivity (Wildman–Crippen MR) is 119 cm³/mol. The van der Waals surface area contributed by atoms with Crippen LogP contribution in [0.15, 0.2) is 71.8 Å². The monoisotopic (exact) mass is 453 g/mol. The Morgan fingerprint density at radius 1 is 1.09 bits per heavy atom. The Morgan fingerprint density at radius 3 is 2.47 bits per heavy atom. The van der Waals surface area contributed by atoms with Crippen LogP contribution in [0.25, 0.3) is 11.3 Å². The molecule has 0 radical (unpaired) electrons. The van der Waals surface area contributed by atoms with Crippen molar-refractivity contribution in [2.45, 2.75) is 30.3 Å². The lowest BCUT2D eigenvalue weighted by molar-refractivity contribution is 0.0950. The van der Waals surface area contributed by atoms with Crippen LogP contribution in [-0.2, 0) is 16.6 Å². The number of aromatic nitrogens is 1. The molecule has 8 nitrogen and oxygen atoms in total. The van der Waals surface area contributed by atoms with Gasteiger partial charge in [-0.25, -0.2) is 17.2 Å². The van der Waals surface area contributed by atoms with E-state index in [1.807, 2.05) is 6.07 Å². The largest absolute Gasteiger partial charge is 0.465 e. The number of carbonyl (C=O) groups excluding carboxylic acids is 1. The molecule has 2 amide bonds. The standard InChI is InChI=1S/C23H23N3O5S/c1-25(23(28)29)14-16-12-21(17-6-3-2-4-7-17)26(15-16)32(30,31)20-9-5-8-18(13-20)22(27)24-19-10-11-19/h2-9,12-13,15,19H,10-11,14H2,1H3,(H,24,27)(H,28,29). The van der Waals surface area contributed by atoms with Crippen molar-refractivity contribution in [1.82, 2.24) is 14.2 Å². The van der Waals surface area contributed by atoms with Crippen molar-refractivity contribution in [2.75, 3.05) is 7.05 Å². The van der Waals surface area contributed by atoms with Crippen molar-refractivity contribution < 1.29 is 23.1 Å². The molecule has 2 aromatic carbocycles. The van der Waals surface area contributed by atoms with E-state index in [1.54, 1.807) is 42.5 Å². The third kappa shape index (κ3) is 4.52. The molecule has 1 saturated carbocycles. The highest BCUT2D eigenvalue weighted by molar-refractivity contribution is 7.90. The van der Waals surface area contributed by atoms with Gasteiger partial charge in [-0.15, -0.1) is 0 Å². The van der Waals surface area contributed by atoms with Crippen molar-refractivity contribution in [3.05, 3.63) is 78.0 Å². The molecular formula is C23H23N3O5S. The van der Waals surface area contributed by atoms with Crippen molar-refractivity contribution >= 4 is 22.0 Å². The number of rotatable bonds is 7. The van der Waals surface area contributed by atoms with Crippen molar-refractivity contribution in [3.8, 4) is 11.3 Å². The summed E-state index contributed by atoms with van der Waals surface area (Å²) in [5, 5.41) is 12.0. The van der Waals surface area contributed by atoms with Crippen LogP contribution in [-0.4, -0.2) is 47.5 Å². The maximum Gasteiger partial charge on any atom is 0.407 e. The minimum atomic E-state index is -4.05. The molecule has 0 aliphatic heterocycles. The van der Waals surface area contributed by atoms with Gasteiger partial charge < -0.3 is 15.3 Å². The van der Waals surface area contributed by atoms with Crippen LogP contribution in [0.1, 0.15) is 28.8 Å². The Kier molecular flexibility index (Phi) is 5.75. The molecule has 1 fully saturated rings. The summed E-state index contributed by atoms with van der Waals surface area (Å²) in [6.07, 6.45) is 2.17. The van der Waals surface area contributed by atoms with Gasteiger partial charge in [0, 0.05) is 24.8 Å². The second-order valence-electron chi connectivity index (χ2n) is 7.81. The first-order valence-electron chi connectivity index (χ1n) is 10.1. The normalized spacial score (nSPS) is 13.5. The van der Waals surface area contributed by atoms with E-state index in [4.69, 9.17) is 0 Å². The topological polar surface area (TPSA) is 109 Å². The fraction of sp³-hybridized carbons (Fsp3) is 0.217. The number of hydrogen-bond acceptors (Lipinski definition) is 4. The minimum Gasteiger partial charge on any atom is -0.465 e. The zero-order valence-electron chi connectivity index (χ0n) is 17.4. The van der Waals surface area contributed by atoms with Gasteiger partial charge in [-0.3, -0.25) is 4.79 Å². The number of carboxylic acid groups (broad SMARTS) is 1. The average molecular weight is 454 g/mol. The first-order valence-corrected chi connectivity index (χ1v) is 11.6. The number of benzene rings is 2. The van der Waals surface area contributed by atoms with E-state index in [0.717, 1.165) is 21.7 Å². The third-order valence-electron chi connectivity index (χ3n) is 5.22. The number of nitrogens with one attached hydrogen (secondary N) is 1. The van der Waals surface area contributed by atoms with Gasteiger partial charge >= 0.3 is 6.09 Å². The molecular weight excluding hydrogens is 430 g/mol. The molecule has 3 aromatic rings. The summed E-state index contributed by atoms with van der Waals surface area (Å²) in [6.45, 7) is 0.0293. The van der Waals surface area contributed by atoms with Gasteiger partial charge in [0.2, 0.25) is 0 Å². The molecule has 2 N–H and O–H groups in total. The third-order valence-corrected chi connectivity index (χ3v) is 6.89. The molecule has 0 unspecified atom stereocenters. The maximum absolute atomic E-state index is 13.6. The summed E-state index contributed by atoms with van der Waals surface area (Å²) in [7, 11) is -2.64. The van der Waals surface area contributed by atoms with E-state index >= 15 is 0 Å². The maximum atomic E-state index is 13.6. The van der Waals surface area contributed by atoms with Crippen molar-refractivity contribution in [1.29, 1.82) is 0 Å². The van der Waals surface area contributed by atoms with Crippen LogP contribution < -0.4 is 5.32 Å². The molecule has 0 bridgehead atoms. The molecule has 9 heteroatoms. The van der Waals surface area contributed by atoms with Gasteiger partial charge in [-0.1, -0.05) is 36.4 Å². The number of carbonyl (C=O) groups is 2. The summed E-state index contributed by atoms with van der Waals surface area (Å²) in [4.78, 5) is 24.7. The van der Waals surface area contributed by atoms with E-state index in [9.17, 15) is 23.1 Å². The Labute approximate surface area is 186 Å². The summed E-state index contributed by atoms with van der Waals surface area (Å²) < 4.78 is 28.3. The van der Waals surface area contributed by atoms with Gasteiger partial charge in [-0.2, -0.15) is 0 Å². The lowest BCUT2D eigenvalue weighted by atomic mass is 10.1. The molecule has 0 spiro atoms. The molecule has 4 rings (SSSR count). The molecule has 1 heterocycles. The average Bonchev–Trinajstić information content (AvgIpc) is 3.50. The molecule has 166 valence electrons. The molecule has 1 aliphatic carbocycles. The highest BCUT2D eigenvalue weighted by Gasteiger charge is 2.26. The molecule has 0 atom stereocenters. The number of hydrogen-bond donors (Lipinski definition) is 2. The van der Waals surface area contributed by atoms with E-state index in [2.05, 4.69) is 5.32 Å². The van der Waals surface area contributed by atoms with Crippen molar-refractivity contribution in [2.24, 2.45) is 0 Å². The second-order valence-corrected chi connectivity index (χ2v) is 9.63. The lowest BCUT2D eigenvalue weighted by Gasteiger charge is -2.12. The molecule has 1 aromatic heterocycles. The Hall–Kier alpha value is -3.59. The first kappa shape index (κ1) is 21.6. The van der Waals surface area contributed by atoms with Gasteiger partial charge in [0.05, 0.1) is 17.1 Å². The first-order chi connectivity index (χ1) is 15.3. The van der Waals surface area contributed by atoms with E-state index in [1.165, 1.54) is 25.4 Å². The van der Waals surface area contributed by atoms with Gasteiger partial charge in [0.25, 0.3) is 15.9 Å². The lowest BCUT2D eigenvalue weighted by Crippen LogP contribution is -2.25. The van der Waals surface area contributed by atoms with Crippen LogP contribution in [0.3, 0.4) is 0 Å². The van der Waals surface area contributed by atoms with Gasteiger partial charge in [0.1, 0.15) is 0 Å². The second kappa shape index (κ2) is 8.51. The fourth-order valence-electron chi connectivity index (χ4n) is 3.35. The summed E-state index contributed by atoms with van der Waals surface area (Å²) in [5.41, 5.74) is 1.88. The van der Waals surface area contributed by atoms with Crippen LogP contribution in [0.5, 0.6) is 0 Å². The SMILES string of the molecule is CN(Cc1cc(-c2ccccc2)n(S(=O)(=O)c2cccc(C(=O)NC3CC3)c2)c1)C(=O)O. The highest BCUT2D eigenvalue weighted by atomic mass is 32.2. The highest BCUT2D eigenvalue weighted by Crippen LogP contribution is 2.28. The Morgan fingerprint density at radius 2 is 1.81 bits per heavy atom. The fourth-order valence-corrected chi connectivity index (χ4v) is 4.80. The Bertz CT molecular complexity index is 1260. The number of amides is 2. The smallest absolute Gasteiger partial charge is 0.407 e. The van der Waals surface area contributed by atoms with Crippen LogP contribution in [0.4, 0.5) is 4.79 Å². The molecule has 0 saturated heterocycles. The van der Waals surface area contributed by atoms with Gasteiger partial charge in [0.15, 0.2) is 0 Å². The summed E-state index contributed by atoms with van der Waals surface area (Å²) >= 11 is 0. The van der Waals surface area contributed by atoms with Crippen LogP contribution >= 0.6 is 0 Å². The molecule has 32 heavy (non-hydrogen) atoms. The van der Waals surface area contributed by atoms with E-state index in [-0.39, 0.29) is 29.0 Å². The zero-order chi connectivity index (χ0) is 22.9. The number of nitrogens with zero attached hydrogens (tertiary/aromatic N) is 2. The molecule has 1 aliphatic rings. The van der Waals surface area contributed by atoms with Gasteiger partial charge in [-0.05, 0) is 48.2 Å². The van der Waals surface area contributed by atoms with Crippen LogP contribution in [0.2, 0.25) is 0 Å². The van der Waals surface area contributed by atoms with Crippen LogP contribution in [0, 0.1) is 0 Å². The summed E-state index contributed by atoms with van der Waals surface area (Å²) in [6, 6.07) is 16.7. The zero-order valence-corrected chi connectivity index (χ0v) is 18.2. The quantitative estimate of drug-likeness (QED) is 0.570. The minimum absolute atomic E-state index is 0.0214. The predicted octanol–water partition coefficient (Wildman–Crippen LogP) is 3.39. The Balaban J connectivity index is 1.76. The van der Waals surface area contributed by atoms with E-state index < -0.39 is 16.1 Å². The van der Waals surface area contributed by atoms with Crippen molar-refractivity contribution in [3.63, 3.8) is 0 Å². The van der Waals surface area contributed by atoms with E-state index in [0.29, 0.717) is 16.8 Å². The summed E-state index contributed by atoms with van der Waals surface area (Å²) in [5.74, 6) is -0.302.